The smallest absolute Gasteiger partial charge is 0.320 e. The Morgan fingerprint density at radius 1 is 0.615 bits per heavy atom. The van der Waals surface area contributed by atoms with Crippen molar-refractivity contribution in [2.24, 2.45) is 5.92 Å². The summed E-state index contributed by atoms with van der Waals surface area (Å²) in [5, 5.41) is 0. The van der Waals surface area contributed by atoms with Crippen molar-refractivity contribution in [3.63, 3.8) is 0 Å². The molecule has 0 fully saturated rings. The Morgan fingerprint density at radius 2 is 0.962 bits per heavy atom. The minimum absolute atomic E-state index is 1.27. The summed E-state index contributed by atoms with van der Waals surface area (Å²) in [4.78, 5) is 0. The quantitative estimate of drug-likeness (QED) is 0.297. The first-order chi connectivity index (χ1) is 11.4. The van der Waals surface area contributed by atoms with Gasteiger partial charge in [0.25, 0.3) is 0 Å². The van der Waals surface area contributed by atoms with Crippen molar-refractivity contribution < 1.29 is 66.3 Å². The molecule has 0 radical (unpaired) electrons. The third-order valence-corrected chi connectivity index (χ3v) is 2.62. The molecule has 0 aromatic rings. The van der Waals surface area contributed by atoms with E-state index in [1.165, 1.54) is 0 Å². The van der Waals surface area contributed by atoms with E-state index in [1.54, 1.807) is 0 Å². The number of hydrogen-bond donors (Lipinski definition) is 0. The summed E-state index contributed by atoms with van der Waals surface area (Å²) >= 11 is 0. The molecule has 0 heterocycles. The van der Waals surface area contributed by atoms with Crippen LogP contribution in [0.5, 0.6) is 0 Å². The molecule has 3 nitrogen and oxygen atoms in total. The number of hydrogen-bond acceptors (Lipinski definition) is 3. The predicted molar refractivity (Wildman–Crippen MR) is 61.7 cm³/mol. The Kier molecular flexibility index (Phi) is 9.40. The molecule has 0 saturated heterocycles. The van der Waals surface area contributed by atoms with Crippen LogP contribution in [0.15, 0.2) is 0 Å². The average Bonchev–Trinajstić information content (AvgIpc) is 2.31. The van der Waals surface area contributed by atoms with Gasteiger partial charge in [0, 0.05) is 5.92 Å². The average molecular weight is 438 g/mol. The molecule has 0 spiro atoms. The number of halogens is 12. The van der Waals surface area contributed by atoms with Crippen LogP contribution in [-0.2, 0) is 14.0 Å². The molecular weight excluding hydrogens is 427 g/mol. The lowest BCUT2D eigenvalue weighted by atomic mass is 10.2. The summed E-state index contributed by atoms with van der Waals surface area (Å²) < 4.78 is 158. The van der Waals surface area contributed by atoms with Crippen molar-refractivity contribution in [2.45, 2.75) is 37.4 Å². The third kappa shape index (κ3) is 14.6. The second-order valence-electron chi connectivity index (χ2n) is 4.84. The molecule has 16 heteroatoms. The highest BCUT2D eigenvalue weighted by Gasteiger charge is 2.46. The normalized spacial score (nSPS) is 14.5. The summed E-state index contributed by atoms with van der Waals surface area (Å²) in [5.74, 6) is -1.91. The van der Waals surface area contributed by atoms with E-state index in [4.69, 9.17) is 0 Å². The van der Waals surface area contributed by atoms with Crippen LogP contribution < -0.4 is 0 Å². The molecule has 26 heavy (non-hydrogen) atoms. The van der Waals surface area contributed by atoms with Gasteiger partial charge in [0.05, 0.1) is 19.8 Å². The lowest BCUT2D eigenvalue weighted by molar-refractivity contribution is -0.309. The van der Waals surface area contributed by atoms with Gasteiger partial charge in [-0.2, -0.15) is 52.3 Å². The summed E-state index contributed by atoms with van der Waals surface area (Å²) in [6, 6.07) is 0. The van der Waals surface area contributed by atoms with Gasteiger partial charge in [0.1, 0.15) is 12.8 Å². The van der Waals surface area contributed by atoms with Crippen molar-refractivity contribution in [1.82, 2.24) is 0 Å². The van der Waals surface area contributed by atoms with Gasteiger partial charge < -0.3 is 14.0 Å². The molecule has 0 N–H and O–H groups in total. The first kappa shape index (κ1) is 25.5. The first-order valence-electron chi connectivity index (χ1n) is 6.32. The van der Waals surface area contributed by atoms with Gasteiger partial charge in [-0.25, -0.2) is 0 Å². The van der Waals surface area contributed by atoms with Crippen LogP contribution in [0, 0.1) is 5.92 Å². The first-order valence-corrected chi connectivity index (χ1v) is 7.36. The van der Waals surface area contributed by atoms with E-state index in [-0.39, 0.29) is 0 Å². The van der Waals surface area contributed by atoms with E-state index in [0.717, 1.165) is 0 Å². The van der Waals surface area contributed by atoms with E-state index >= 15 is 0 Å². The van der Waals surface area contributed by atoms with Crippen molar-refractivity contribution in [3.05, 3.63) is 0 Å². The Hall–Kier alpha value is -0.530. The zero-order valence-electron chi connectivity index (χ0n) is 12.3. The zero-order valence-corrected chi connectivity index (χ0v) is 13.2. The molecule has 0 aliphatic heterocycles. The van der Waals surface area contributed by atoms with E-state index in [9.17, 15) is 52.3 Å². The Morgan fingerprint density at radius 3 is 1.23 bits per heavy atom. The molecular formula is C10H11F12O3P. The largest absolute Gasteiger partial charge is 0.415 e. The molecule has 0 amide bonds. The molecule has 0 unspecified atom stereocenters. The van der Waals surface area contributed by atoms with E-state index in [0.29, 0.717) is 0 Å². The molecule has 158 valence electrons. The highest BCUT2D eigenvalue weighted by molar-refractivity contribution is 7.40. The molecule has 0 atom stereocenters. The van der Waals surface area contributed by atoms with Crippen LogP contribution in [0.1, 0.15) is 12.8 Å². The van der Waals surface area contributed by atoms with Crippen molar-refractivity contribution in [1.29, 1.82) is 0 Å². The van der Waals surface area contributed by atoms with Crippen LogP contribution in [0.3, 0.4) is 0 Å². The Balaban J connectivity index is 4.75. The van der Waals surface area contributed by atoms with Crippen LogP contribution in [-0.4, -0.2) is 44.4 Å². The second-order valence-corrected chi connectivity index (χ2v) is 5.51. The van der Waals surface area contributed by atoms with Gasteiger partial charge in [-0.15, -0.1) is 0 Å². The zero-order chi connectivity index (χ0) is 20.8. The van der Waals surface area contributed by atoms with Crippen molar-refractivity contribution in [2.75, 3.05) is 19.8 Å². The lowest BCUT2D eigenvalue weighted by Gasteiger charge is -2.24. The number of rotatable bonds is 11. The van der Waals surface area contributed by atoms with Gasteiger partial charge in [-0.3, -0.25) is 0 Å². The fourth-order valence-corrected chi connectivity index (χ4v) is 1.68. The third-order valence-electron chi connectivity index (χ3n) is 2.28. The van der Waals surface area contributed by atoms with Crippen molar-refractivity contribution >= 4 is 8.77 Å². The summed E-state index contributed by atoms with van der Waals surface area (Å²) in [5.41, 5.74) is 0. The molecule has 0 bridgehead atoms. The van der Waals surface area contributed by atoms with Crippen LogP contribution in [0.4, 0.5) is 52.3 Å². The predicted octanol–water partition coefficient (Wildman–Crippen LogP) is 5.91. The SMILES string of the molecule is FP(F)OCC(COC(F)(F)CC(F)(F)F)COC(F)(F)CC(F)(F)F. The van der Waals surface area contributed by atoms with Gasteiger partial charge >= 0.3 is 33.3 Å². The minimum atomic E-state index is -5.36. The maximum Gasteiger partial charge on any atom is 0.415 e. The highest BCUT2D eigenvalue weighted by atomic mass is 31.2. The molecule has 0 aromatic carbocycles. The maximum atomic E-state index is 12.9. The molecule has 0 saturated carbocycles. The second kappa shape index (κ2) is 9.60. The highest BCUT2D eigenvalue weighted by Crippen LogP contribution is 2.40. The van der Waals surface area contributed by atoms with Gasteiger partial charge in [-0.05, 0) is 0 Å². The topological polar surface area (TPSA) is 27.7 Å². The molecule has 0 aromatic heterocycles. The van der Waals surface area contributed by atoms with Crippen LogP contribution >= 0.6 is 8.77 Å². The van der Waals surface area contributed by atoms with Crippen molar-refractivity contribution in [3.8, 4) is 0 Å². The summed E-state index contributed by atoms with van der Waals surface area (Å²) in [6.07, 6.45) is -25.9. The maximum absolute atomic E-state index is 12.9. The van der Waals surface area contributed by atoms with E-state index in [2.05, 4.69) is 14.0 Å². The standard InChI is InChI=1S/C10H11F12O3P/c11-7(12,13)4-9(17,18)23-1-6(3-25-26(21)22)2-24-10(19,20)5-8(14,15)16/h6H,1-5H2. The van der Waals surface area contributed by atoms with Gasteiger partial charge in [0.15, 0.2) is 0 Å². The van der Waals surface area contributed by atoms with Crippen LogP contribution in [0.2, 0.25) is 0 Å². The van der Waals surface area contributed by atoms with E-state index in [1.807, 2.05) is 0 Å². The Labute approximate surface area is 139 Å². The Bertz CT molecular complexity index is 379. The fraction of sp³-hybridized carbons (Fsp3) is 1.00. The monoisotopic (exact) mass is 438 g/mol. The summed E-state index contributed by atoms with van der Waals surface area (Å²) in [7, 11) is -4.10. The molecule has 0 rings (SSSR count). The lowest BCUT2D eigenvalue weighted by Crippen LogP contribution is -2.35. The minimum Gasteiger partial charge on any atom is -0.320 e. The molecule has 0 aliphatic carbocycles. The van der Waals surface area contributed by atoms with E-state index < -0.39 is 71.9 Å². The van der Waals surface area contributed by atoms with Gasteiger partial charge in [0.2, 0.25) is 0 Å². The number of alkyl halides is 10. The number of ether oxygens (including phenoxy) is 2. The molecule has 0 aliphatic rings. The summed E-state index contributed by atoms with van der Waals surface area (Å²) in [6.45, 7) is -4.31. The van der Waals surface area contributed by atoms with Crippen LogP contribution in [0.25, 0.3) is 0 Å². The fourth-order valence-electron chi connectivity index (χ4n) is 1.35. The van der Waals surface area contributed by atoms with Gasteiger partial charge in [-0.1, -0.05) is 0 Å².